The number of halogens is 1. The molecular formula is C19H30IN3O3. The van der Waals surface area contributed by atoms with E-state index in [9.17, 15) is 0 Å². The number of nitrogens with zero attached hydrogens (tertiary/aromatic N) is 2. The largest absolute Gasteiger partial charge is 0.375 e. The lowest BCUT2D eigenvalue weighted by atomic mass is 10.1. The van der Waals surface area contributed by atoms with Crippen LogP contribution in [0.1, 0.15) is 24.5 Å². The van der Waals surface area contributed by atoms with E-state index in [-0.39, 0.29) is 42.3 Å². The Labute approximate surface area is 173 Å². The van der Waals surface area contributed by atoms with Crippen molar-refractivity contribution >= 4 is 29.9 Å². The van der Waals surface area contributed by atoms with Gasteiger partial charge in [0.15, 0.2) is 5.96 Å². The van der Waals surface area contributed by atoms with Crippen molar-refractivity contribution < 1.29 is 14.2 Å². The van der Waals surface area contributed by atoms with Crippen LogP contribution in [0.4, 0.5) is 0 Å². The Bertz CT molecular complexity index is 552. The van der Waals surface area contributed by atoms with Crippen LogP contribution in [0.5, 0.6) is 0 Å². The van der Waals surface area contributed by atoms with E-state index in [4.69, 9.17) is 14.2 Å². The zero-order valence-electron chi connectivity index (χ0n) is 15.6. The van der Waals surface area contributed by atoms with Crippen molar-refractivity contribution in [2.75, 3.05) is 47.0 Å². The quantitative estimate of drug-likeness (QED) is 0.403. The maximum Gasteiger partial charge on any atom is 0.193 e. The average molecular weight is 475 g/mol. The molecule has 0 amide bonds. The van der Waals surface area contributed by atoms with Gasteiger partial charge in [-0.3, -0.25) is 4.99 Å². The lowest BCUT2D eigenvalue weighted by molar-refractivity contribution is -0.0817. The van der Waals surface area contributed by atoms with E-state index in [2.05, 4.69) is 27.3 Å². The molecule has 0 radical (unpaired) electrons. The van der Waals surface area contributed by atoms with Gasteiger partial charge in [-0.15, -0.1) is 24.0 Å². The molecule has 3 atom stereocenters. The molecule has 6 nitrogen and oxygen atoms in total. The van der Waals surface area contributed by atoms with Gasteiger partial charge in [0.1, 0.15) is 6.10 Å². The summed E-state index contributed by atoms with van der Waals surface area (Å²) in [7, 11) is 3.56. The van der Waals surface area contributed by atoms with Crippen molar-refractivity contribution in [3.63, 3.8) is 0 Å². The molecule has 7 heteroatoms. The Hall–Kier alpha value is -0.900. The van der Waals surface area contributed by atoms with Gasteiger partial charge in [-0.05, 0) is 18.4 Å². The number of guanidine groups is 1. The first-order valence-corrected chi connectivity index (χ1v) is 9.08. The van der Waals surface area contributed by atoms with E-state index in [1.807, 2.05) is 25.2 Å². The van der Waals surface area contributed by atoms with Gasteiger partial charge >= 0.3 is 0 Å². The van der Waals surface area contributed by atoms with Gasteiger partial charge in [0.05, 0.1) is 18.8 Å². The zero-order chi connectivity index (χ0) is 17.5. The lowest BCUT2D eigenvalue weighted by Gasteiger charge is -2.37. The average Bonchev–Trinajstić information content (AvgIpc) is 3.21. The molecule has 0 saturated carbocycles. The fraction of sp³-hybridized carbons (Fsp3) is 0.632. The van der Waals surface area contributed by atoms with Gasteiger partial charge in [-0.2, -0.15) is 0 Å². The Balaban J connectivity index is 0.00000243. The first-order chi connectivity index (χ1) is 12.3. The molecule has 26 heavy (non-hydrogen) atoms. The highest BCUT2D eigenvalue weighted by atomic mass is 127. The summed E-state index contributed by atoms with van der Waals surface area (Å²) in [6.45, 7) is 3.88. The van der Waals surface area contributed by atoms with E-state index < -0.39 is 0 Å². The van der Waals surface area contributed by atoms with Crippen LogP contribution in [-0.4, -0.2) is 70.1 Å². The summed E-state index contributed by atoms with van der Waals surface area (Å²) in [5.41, 5.74) is 1.16. The number of nitrogens with one attached hydrogen (secondary N) is 1. The summed E-state index contributed by atoms with van der Waals surface area (Å²) in [6, 6.07) is 10.2. The fourth-order valence-electron chi connectivity index (χ4n) is 3.51. The first-order valence-electron chi connectivity index (χ1n) is 9.08. The van der Waals surface area contributed by atoms with Crippen LogP contribution >= 0.6 is 24.0 Å². The fourth-order valence-corrected chi connectivity index (χ4v) is 3.51. The maximum absolute atomic E-state index is 5.93. The second-order valence-corrected chi connectivity index (χ2v) is 6.47. The molecule has 2 heterocycles. The smallest absolute Gasteiger partial charge is 0.193 e. The third-order valence-corrected chi connectivity index (χ3v) is 4.89. The molecule has 3 rings (SSSR count). The van der Waals surface area contributed by atoms with Gasteiger partial charge in [0.25, 0.3) is 0 Å². The molecular weight excluding hydrogens is 445 g/mol. The molecule has 1 aromatic rings. The third kappa shape index (κ3) is 5.55. The second kappa shape index (κ2) is 11.1. The van der Waals surface area contributed by atoms with Crippen molar-refractivity contribution in [2.45, 2.75) is 31.2 Å². The molecule has 2 saturated heterocycles. The van der Waals surface area contributed by atoms with Gasteiger partial charge in [0.2, 0.25) is 0 Å². The Morgan fingerprint density at radius 3 is 2.69 bits per heavy atom. The Morgan fingerprint density at radius 2 is 2.04 bits per heavy atom. The summed E-state index contributed by atoms with van der Waals surface area (Å²) in [6.07, 6.45) is 2.56. The number of hydrogen-bond acceptors (Lipinski definition) is 4. The molecule has 1 aromatic carbocycles. The minimum atomic E-state index is -0.00653. The van der Waals surface area contributed by atoms with Crippen molar-refractivity contribution in [2.24, 2.45) is 4.99 Å². The highest BCUT2D eigenvalue weighted by molar-refractivity contribution is 14.0. The van der Waals surface area contributed by atoms with E-state index >= 15 is 0 Å². The number of rotatable bonds is 5. The van der Waals surface area contributed by atoms with Crippen LogP contribution in [0.2, 0.25) is 0 Å². The summed E-state index contributed by atoms with van der Waals surface area (Å²) < 4.78 is 17.4. The topological polar surface area (TPSA) is 55.3 Å². The summed E-state index contributed by atoms with van der Waals surface area (Å²) in [4.78, 5) is 6.71. The second-order valence-electron chi connectivity index (χ2n) is 6.47. The maximum atomic E-state index is 5.93. The van der Waals surface area contributed by atoms with Crippen LogP contribution in [0, 0.1) is 0 Å². The van der Waals surface area contributed by atoms with Gasteiger partial charge in [0, 0.05) is 40.4 Å². The van der Waals surface area contributed by atoms with E-state index in [1.54, 1.807) is 7.11 Å². The molecule has 146 valence electrons. The molecule has 2 fully saturated rings. The van der Waals surface area contributed by atoms with Crippen molar-refractivity contribution in [1.82, 2.24) is 10.2 Å². The summed E-state index contributed by atoms with van der Waals surface area (Å²) in [5.74, 6) is 0.893. The molecule has 2 aliphatic heterocycles. The number of morpholine rings is 1. The minimum Gasteiger partial charge on any atom is -0.375 e. The summed E-state index contributed by atoms with van der Waals surface area (Å²) >= 11 is 0. The van der Waals surface area contributed by atoms with Gasteiger partial charge in [-0.1, -0.05) is 30.3 Å². The van der Waals surface area contributed by atoms with Crippen molar-refractivity contribution in [1.29, 1.82) is 0 Å². The van der Waals surface area contributed by atoms with E-state index in [0.717, 1.165) is 44.1 Å². The highest BCUT2D eigenvalue weighted by Crippen LogP contribution is 2.21. The normalized spacial score (nSPS) is 24.8. The van der Waals surface area contributed by atoms with Crippen molar-refractivity contribution in [3.8, 4) is 0 Å². The Kier molecular flexibility index (Phi) is 9.10. The summed E-state index contributed by atoms with van der Waals surface area (Å²) in [5, 5.41) is 3.45. The number of aliphatic imine (C=N–C) groups is 1. The molecule has 1 N–H and O–H groups in total. The zero-order valence-corrected chi connectivity index (χ0v) is 17.9. The van der Waals surface area contributed by atoms with Crippen LogP contribution in [0.3, 0.4) is 0 Å². The van der Waals surface area contributed by atoms with Crippen LogP contribution in [-0.2, 0) is 14.2 Å². The molecule has 0 aromatic heterocycles. The SMILES string of the molecule is CN=C(NCC(OC)c1ccccc1)N1CCOC(C2CCCO2)C1.I. The van der Waals surface area contributed by atoms with Gasteiger partial charge in [-0.25, -0.2) is 0 Å². The van der Waals surface area contributed by atoms with E-state index in [1.165, 1.54) is 0 Å². The number of benzene rings is 1. The minimum absolute atomic E-state index is 0. The molecule has 0 aliphatic carbocycles. The monoisotopic (exact) mass is 475 g/mol. The number of methoxy groups -OCH3 is 1. The third-order valence-electron chi connectivity index (χ3n) is 4.89. The molecule has 0 spiro atoms. The number of hydrogen-bond donors (Lipinski definition) is 1. The molecule has 2 aliphatic rings. The van der Waals surface area contributed by atoms with Crippen LogP contribution in [0.15, 0.2) is 35.3 Å². The predicted molar refractivity (Wildman–Crippen MR) is 113 cm³/mol. The molecule has 0 bridgehead atoms. The van der Waals surface area contributed by atoms with E-state index in [0.29, 0.717) is 13.2 Å². The molecule has 3 unspecified atom stereocenters. The van der Waals surface area contributed by atoms with Crippen LogP contribution < -0.4 is 5.32 Å². The van der Waals surface area contributed by atoms with Gasteiger partial charge < -0.3 is 24.4 Å². The number of ether oxygens (including phenoxy) is 3. The lowest BCUT2D eigenvalue weighted by Crippen LogP contribution is -2.53. The van der Waals surface area contributed by atoms with Crippen molar-refractivity contribution in [3.05, 3.63) is 35.9 Å². The predicted octanol–water partition coefficient (Wildman–Crippen LogP) is 2.45. The highest BCUT2D eigenvalue weighted by Gasteiger charge is 2.32. The Morgan fingerprint density at radius 1 is 1.27 bits per heavy atom. The standard InChI is InChI=1S/C19H29N3O3.HI/c1-20-19(21-13-17(23-2)15-7-4-3-5-8-15)22-10-12-25-18(14-22)16-9-6-11-24-16;/h3-5,7-8,16-18H,6,9-14H2,1-2H3,(H,20,21);1H. The first kappa shape index (κ1) is 21.4. The van der Waals surface area contributed by atoms with Crippen LogP contribution in [0.25, 0.3) is 0 Å².